The number of rotatable bonds is 5. The van der Waals surface area contributed by atoms with E-state index in [9.17, 15) is 18.2 Å². The maximum absolute atomic E-state index is 14.5. The van der Waals surface area contributed by atoms with E-state index in [1.807, 2.05) is 0 Å². The lowest BCUT2D eigenvalue weighted by Crippen LogP contribution is -2.33. The van der Waals surface area contributed by atoms with E-state index in [0.29, 0.717) is 15.0 Å². The van der Waals surface area contributed by atoms with Gasteiger partial charge in [0.15, 0.2) is 5.01 Å². The third kappa shape index (κ3) is 3.88. The van der Waals surface area contributed by atoms with E-state index in [0.717, 1.165) is 11.3 Å². The number of nitrogens with one attached hydrogen (secondary N) is 1. The Hall–Kier alpha value is -2.40. The molecule has 0 bridgehead atoms. The van der Waals surface area contributed by atoms with Gasteiger partial charge in [-0.05, 0) is 18.2 Å². The summed E-state index contributed by atoms with van der Waals surface area (Å²) in [6.45, 7) is 1.77. The molecule has 1 aliphatic heterocycles. The molecule has 0 saturated carbocycles. The van der Waals surface area contributed by atoms with Crippen molar-refractivity contribution in [3.63, 3.8) is 0 Å². The first-order valence-electron chi connectivity index (χ1n) is 7.54. The Balaban J connectivity index is 1.77. The molecular formula is C15H15FN4O4S2. The molecule has 1 N–H and O–H groups in total. The van der Waals surface area contributed by atoms with Crippen molar-refractivity contribution in [2.45, 2.75) is 17.4 Å². The van der Waals surface area contributed by atoms with Gasteiger partial charge in [0, 0.05) is 18.7 Å². The summed E-state index contributed by atoms with van der Waals surface area (Å²) in [6, 6.07) is 4.27. The molecule has 0 aliphatic carbocycles. The molecule has 1 aromatic carbocycles. The van der Waals surface area contributed by atoms with Gasteiger partial charge in [-0.15, -0.1) is 10.2 Å². The molecule has 2 heterocycles. The molecule has 1 saturated heterocycles. The van der Waals surface area contributed by atoms with Gasteiger partial charge < -0.3 is 10.1 Å². The van der Waals surface area contributed by atoms with Crippen LogP contribution in [-0.4, -0.2) is 51.9 Å². The summed E-state index contributed by atoms with van der Waals surface area (Å²) in [5.74, 6) is -0.801. The van der Waals surface area contributed by atoms with Gasteiger partial charge in [-0.25, -0.2) is 9.18 Å². The number of carbonyl (C=O) groups excluding carboxylic acids is 2. The number of amides is 2. The summed E-state index contributed by atoms with van der Waals surface area (Å²) in [5, 5.41) is 10.5. The molecule has 0 spiro atoms. The van der Waals surface area contributed by atoms with Crippen molar-refractivity contribution in [2.75, 3.05) is 24.2 Å². The van der Waals surface area contributed by atoms with Gasteiger partial charge in [0.05, 0.1) is 29.6 Å². The van der Waals surface area contributed by atoms with Crippen LogP contribution < -0.4 is 10.2 Å². The Morgan fingerprint density at radius 2 is 2.27 bits per heavy atom. The van der Waals surface area contributed by atoms with E-state index in [-0.39, 0.29) is 24.6 Å². The highest BCUT2D eigenvalue weighted by Gasteiger charge is 2.32. The van der Waals surface area contributed by atoms with Gasteiger partial charge in [0.2, 0.25) is 10.2 Å². The number of nitrogens with zero attached hydrogens (tertiary/aromatic N) is 3. The van der Waals surface area contributed by atoms with Crippen LogP contribution in [0.2, 0.25) is 0 Å². The average molecular weight is 398 g/mol. The maximum Gasteiger partial charge on any atom is 0.414 e. The molecule has 138 valence electrons. The zero-order valence-corrected chi connectivity index (χ0v) is 15.5. The highest BCUT2D eigenvalue weighted by Crippen LogP contribution is 2.31. The number of ether oxygens (including phenoxy) is 1. The van der Waals surface area contributed by atoms with E-state index >= 15 is 0 Å². The number of anilines is 1. The standard InChI is InChI=1S/C15H15FN4O4S2/c1-8(21)17-6-10-7-20(15(22)24-10)9-3-4-11(12(16)5-9)13-18-19-14(25-13)26(2)23/h3-5,10H,6-7H2,1-2H3,(H,17,21). The van der Waals surface area contributed by atoms with E-state index < -0.39 is 28.8 Å². The SMILES string of the molecule is CC(=O)NCC1CN(c2ccc(-c3nnc(S(C)=O)s3)c(F)c2)C(=O)O1. The first-order valence-corrected chi connectivity index (χ1v) is 9.92. The maximum atomic E-state index is 14.5. The van der Waals surface area contributed by atoms with Crippen molar-refractivity contribution < 1.29 is 22.9 Å². The van der Waals surface area contributed by atoms with Gasteiger partial charge in [-0.1, -0.05) is 11.3 Å². The van der Waals surface area contributed by atoms with Crippen LogP contribution in [0.15, 0.2) is 22.5 Å². The third-order valence-electron chi connectivity index (χ3n) is 3.60. The Kier molecular flexibility index (Phi) is 5.28. The summed E-state index contributed by atoms with van der Waals surface area (Å²) >= 11 is 1.05. The van der Waals surface area contributed by atoms with Gasteiger partial charge in [-0.3, -0.25) is 13.9 Å². The van der Waals surface area contributed by atoms with E-state index in [1.165, 1.54) is 30.2 Å². The minimum Gasteiger partial charge on any atom is -0.442 e. The molecule has 3 rings (SSSR count). The lowest BCUT2D eigenvalue weighted by molar-refractivity contribution is -0.119. The monoisotopic (exact) mass is 398 g/mol. The zero-order valence-electron chi connectivity index (χ0n) is 13.9. The van der Waals surface area contributed by atoms with Gasteiger partial charge in [-0.2, -0.15) is 0 Å². The summed E-state index contributed by atoms with van der Waals surface area (Å²) < 4.78 is 31.4. The minimum absolute atomic E-state index is 0.194. The second kappa shape index (κ2) is 7.46. The highest BCUT2D eigenvalue weighted by atomic mass is 32.2. The van der Waals surface area contributed by atoms with Crippen LogP contribution in [0.1, 0.15) is 6.92 Å². The summed E-state index contributed by atoms with van der Waals surface area (Å²) in [5.41, 5.74) is 0.552. The summed E-state index contributed by atoms with van der Waals surface area (Å²) in [7, 11) is -1.29. The van der Waals surface area contributed by atoms with Gasteiger partial charge in [0.25, 0.3) is 0 Å². The number of hydrogen-bond donors (Lipinski definition) is 1. The predicted octanol–water partition coefficient (Wildman–Crippen LogP) is 1.54. The van der Waals surface area contributed by atoms with Crippen molar-refractivity contribution >= 4 is 39.8 Å². The molecule has 1 aromatic heterocycles. The predicted molar refractivity (Wildman–Crippen MR) is 93.9 cm³/mol. The number of halogens is 1. The van der Waals surface area contributed by atoms with Crippen molar-refractivity contribution in [1.29, 1.82) is 0 Å². The molecule has 26 heavy (non-hydrogen) atoms. The second-order valence-electron chi connectivity index (χ2n) is 5.54. The second-order valence-corrected chi connectivity index (χ2v) is 8.08. The lowest BCUT2D eigenvalue weighted by atomic mass is 10.2. The van der Waals surface area contributed by atoms with Gasteiger partial charge in [0.1, 0.15) is 11.9 Å². The largest absolute Gasteiger partial charge is 0.442 e. The molecule has 1 fully saturated rings. The molecule has 2 aromatic rings. The normalized spacial score (nSPS) is 17.9. The van der Waals surface area contributed by atoms with Crippen LogP contribution in [0.25, 0.3) is 10.6 Å². The molecule has 8 nitrogen and oxygen atoms in total. The molecule has 2 atom stereocenters. The molecular weight excluding hydrogens is 383 g/mol. The molecule has 2 unspecified atom stereocenters. The number of carbonyl (C=O) groups is 2. The molecule has 0 radical (unpaired) electrons. The molecule has 1 aliphatic rings. The van der Waals surface area contributed by atoms with Crippen molar-refractivity contribution in [3.8, 4) is 10.6 Å². The fourth-order valence-corrected chi connectivity index (χ4v) is 3.84. The lowest BCUT2D eigenvalue weighted by Gasteiger charge is -2.14. The fraction of sp³-hybridized carbons (Fsp3) is 0.333. The molecule has 11 heteroatoms. The smallest absolute Gasteiger partial charge is 0.414 e. The Morgan fingerprint density at radius 3 is 2.88 bits per heavy atom. The number of cyclic esters (lactones) is 1. The van der Waals surface area contributed by atoms with Crippen molar-refractivity contribution in [2.24, 2.45) is 0 Å². The van der Waals surface area contributed by atoms with Crippen LogP contribution >= 0.6 is 11.3 Å². The van der Waals surface area contributed by atoms with Crippen LogP contribution in [0, 0.1) is 5.82 Å². The Bertz CT molecular complexity index is 888. The van der Waals surface area contributed by atoms with E-state index in [4.69, 9.17) is 4.74 Å². The van der Waals surface area contributed by atoms with E-state index in [2.05, 4.69) is 15.5 Å². The number of hydrogen-bond acceptors (Lipinski definition) is 7. The van der Waals surface area contributed by atoms with Gasteiger partial charge >= 0.3 is 6.09 Å². The van der Waals surface area contributed by atoms with E-state index in [1.54, 1.807) is 6.07 Å². The van der Waals surface area contributed by atoms with Crippen LogP contribution in [0.3, 0.4) is 0 Å². The average Bonchev–Trinajstić information content (AvgIpc) is 3.20. The number of aromatic nitrogens is 2. The highest BCUT2D eigenvalue weighted by molar-refractivity contribution is 7.86. The zero-order chi connectivity index (χ0) is 18.8. The Morgan fingerprint density at radius 1 is 1.50 bits per heavy atom. The third-order valence-corrected chi connectivity index (χ3v) is 5.88. The summed E-state index contributed by atoms with van der Waals surface area (Å²) in [4.78, 5) is 24.2. The van der Waals surface area contributed by atoms with Crippen LogP contribution in [0.5, 0.6) is 0 Å². The first-order chi connectivity index (χ1) is 12.3. The molecule has 2 amide bonds. The summed E-state index contributed by atoms with van der Waals surface area (Å²) in [6.07, 6.45) is 0.367. The fourth-order valence-electron chi connectivity index (χ4n) is 2.38. The van der Waals surface area contributed by atoms with Crippen molar-refractivity contribution in [3.05, 3.63) is 24.0 Å². The van der Waals surface area contributed by atoms with Crippen molar-refractivity contribution in [1.82, 2.24) is 15.5 Å². The minimum atomic E-state index is -1.29. The van der Waals surface area contributed by atoms with Crippen LogP contribution in [0.4, 0.5) is 14.9 Å². The number of benzene rings is 1. The van der Waals surface area contributed by atoms with Crippen LogP contribution in [-0.2, 0) is 20.3 Å². The topological polar surface area (TPSA) is 101 Å². The Labute approximate surface area is 154 Å². The quantitative estimate of drug-likeness (QED) is 0.820. The first kappa shape index (κ1) is 18.4.